The molecule has 0 aromatic rings. The van der Waals surface area contributed by atoms with E-state index >= 15 is 0 Å². The Bertz CT molecular complexity index is 343. The number of ether oxygens (including phenoxy) is 2. The van der Waals surface area contributed by atoms with Gasteiger partial charge in [-0.05, 0) is 0 Å². The molecule has 0 saturated carbocycles. The first-order valence-corrected chi connectivity index (χ1v) is 7.26. The number of rotatable bonds is 3. The third-order valence-corrected chi connectivity index (χ3v) is 3.56. The minimum absolute atomic E-state index is 0.165. The van der Waals surface area contributed by atoms with E-state index in [0.29, 0.717) is 0 Å². The Morgan fingerprint density at radius 3 is 2.31 bits per heavy atom. The maximum atomic E-state index is 11.4. The maximum Gasteiger partial charge on any atom is 0.187 e. The van der Waals surface area contributed by atoms with Crippen LogP contribution in [0.15, 0.2) is 0 Å². The average Bonchev–Trinajstić information content (AvgIpc) is 2.45. The van der Waals surface area contributed by atoms with Gasteiger partial charge in [-0.1, -0.05) is 20.8 Å². The van der Waals surface area contributed by atoms with Gasteiger partial charge in [-0.3, -0.25) is 0 Å². The molecular weight excluding hydrogens is 232 g/mol. The highest BCUT2D eigenvalue weighted by Gasteiger charge is 2.52. The highest BCUT2D eigenvalue weighted by Crippen LogP contribution is 2.40. The van der Waals surface area contributed by atoms with Crippen LogP contribution in [-0.2, 0) is 19.3 Å². The molecule has 0 radical (unpaired) electrons. The fourth-order valence-corrected chi connectivity index (χ4v) is 2.96. The summed E-state index contributed by atoms with van der Waals surface area (Å²) in [6.45, 7) is 5.64. The van der Waals surface area contributed by atoms with Gasteiger partial charge in [0.2, 0.25) is 0 Å². The van der Waals surface area contributed by atoms with Crippen LogP contribution in [-0.4, -0.2) is 50.6 Å². The number of aliphatic hydroxyl groups excluding tert-OH is 1. The highest BCUT2D eigenvalue weighted by atomic mass is 32.2. The third kappa shape index (κ3) is 2.94. The first-order chi connectivity index (χ1) is 7.10. The quantitative estimate of drug-likeness (QED) is 0.775. The molecule has 0 amide bonds. The number of hydrogen-bond acceptors (Lipinski definition) is 5. The molecule has 0 unspecified atom stereocenters. The minimum atomic E-state index is -3.21. The molecule has 1 fully saturated rings. The van der Waals surface area contributed by atoms with Crippen LogP contribution >= 0.6 is 0 Å². The molecular formula is C10H20O5S. The van der Waals surface area contributed by atoms with Crippen molar-refractivity contribution in [2.45, 2.75) is 32.7 Å². The Morgan fingerprint density at radius 2 is 2.00 bits per heavy atom. The molecule has 0 aliphatic carbocycles. The van der Waals surface area contributed by atoms with E-state index in [1.54, 1.807) is 0 Å². The van der Waals surface area contributed by atoms with Gasteiger partial charge in [0.1, 0.15) is 11.9 Å². The Labute approximate surface area is 96.7 Å². The van der Waals surface area contributed by atoms with Crippen molar-refractivity contribution in [3.05, 3.63) is 0 Å². The van der Waals surface area contributed by atoms with Gasteiger partial charge in [0.15, 0.2) is 15.6 Å². The number of hydrogen-bond donors (Lipinski definition) is 1. The summed E-state index contributed by atoms with van der Waals surface area (Å²) in [5, 5.41) is 9.01. The van der Waals surface area contributed by atoms with Crippen molar-refractivity contribution in [1.29, 1.82) is 0 Å². The zero-order valence-electron chi connectivity index (χ0n) is 10.2. The lowest BCUT2D eigenvalue weighted by atomic mass is 9.86. The molecule has 1 aliphatic heterocycles. The maximum absolute atomic E-state index is 11.4. The first-order valence-electron chi connectivity index (χ1n) is 5.20. The van der Waals surface area contributed by atoms with Crippen LogP contribution in [0.1, 0.15) is 20.8 Å². The normalized spacial score (nSPS) is 31.9. The molecule has 2 atom stereocenters. The van der Waals surface area contributed by atoms with E-state index in [9.17, 15) is 8.42 Å². The van der Waals surface area contributed by atoms with E-state index in [1.807, 2.05) is 20.8 Å². The van der Waals surface area contributed by atoms with Gasteiger partial charge in [-0.25, -0.2) is 8.42 Å². The lowest BCUT2D eigenvalue weighted by Crippen LogP contribution is -2.50. The molecule has 0 spiro atoms. The molecule has 1 rings (SSSR count). The van der Waals surface area contributed by atoms with E-state index in [4.69, 9.17) is 14.6 Å². The van der Waals surface area contributed by atoms with Crippen molar-refractivity contribution in [1.82, 2.24) is 0 Å². The molecule has 1 heterocycles. The van der Waals surface area contributed by atoms with Gasteiger partial charge in [-0.15, -0.1) is 0 Å². The third-order valence-electron chi connectivity index (χ3n) is 2.66. The summed E-state index contributed by atoms with van der Waals surface area (Å²) in [5.74, 6) is -1.35. The van der Waals surface area contributed by atoms with Crippen molar-refractivity contribution < 1.29 is 23.0 Å². The van der Waals surface area contributed by atoms with Crippen LogP contribution in [0.2, 0.25) is 0 Å². The summed E-state index contributed by atoms with van der Waals surface area (Å²) in [4.78, 5) is 0. The fraction of sp³-hybridized carbons (Fsp3) is 1.00. The molecule has 1 saturated heterocycles. The number of sulfone groups is 1. The van der Waals surface area contributed by atoms with Gasteiger partial charge in [0, 0.05) is 11.7 Å². The molecule has 96 valence electrons. The Hall–Kier alpha value is -0.170. The second-order valence-corrected chi connectivity index (χ2v) is 7.45. The van der Waals surface area contributed by atoms with Crippen molar-refractivity contribution in [3.8, 4) is 0 Å². The first kappa shape index (κ1) is 13.9. The van der Waals surface area contributed by atoms with Crippen molar-refractivity contribution in [2.75, 3.05) is 25.2 Å². The van der Waals surface area contributed by atoms with Crippen LogP contribution < -0.4 is 0 Å². The van der Waals surface area contributed by atoms with Crippen LogP contribution in [0.5, 0.6) is 0 Å². The molecule has 0 bridgehead atoms. The summed E-state index contributed by atoms with van der Waals surface area (Å²) in [6, 6.07) is 0. The monoisotopic (exact) mass is 252 g/mol. The number of aliphatic hydroxyl groups is 1. The van der Waals surface area contributed by atoms with Crippen LogP contribution in [0.4, 0.5) is 0 Å². The highest BCUT2D eigenvalue weighted by molar-refractivity contribution is 7.90. The summed E-state index contributed by atoms with van der Waals surface area (Å²) in [5.41, 5.74) is -0.472. The van der Waals surface area contributed by atoms with Gasteiger partial charge >= 0.3 is 0 Å². The second kappa shape index (κ2) is 4.25. The van der Waals surface area contributed by atoms with Gasteiger partial charge < -0.3 is 14.6 Å². The van der Waals surface area contributed by atoms with Gasteiger partial charge in [0.05, 0.1) is 13.2 Å². The van der Waals surface area contributed by atoms with Crippen molar-refractivity contribution in [2.24, 2.45) is 5.41 Å². The lowest BCUT2D eigenvalue weighted by Gasteiger charge is -2.39. The van der Waals surface area contributed by atoms with Crippen molar-refractivity contribution >= 4 is 9.84 Å². The molecule has 1 N–H and O–H groups in total. The van der Waals surface area contributed by atoms with Crippen LogP contribution in [0.25, 0.3) is 0 Å². The van der Waals surface area contributed by atoms with E-state index in [1.165, 1.54) is 0 Å². The topological polar surface area (TPSA) is 72.8 Å². The molecule has 6 heteroatoms. The Morgan fingerprint density at radius 1 is 1.44 bits per heavy atom. The summed E-state index contributed by atoms with van der Waals surface area (Å²) in [6.07, 6.45) is 0.709. The fourth-order valence-electron chi connectivity index (χ4n) is 1.69. The molecule has 1 aliphatic rings. The zero-order valence-corrected chi connectivity index (χ0v) is 11.0. The predicted molar refractivity (Wildman–Crippen MR) is 59.8 cm³/mol. The second-order valence-electron chi connectivity index (χ2n) is 5.31. The smallest absolute Gasteiger partial charge is 0.187 e. The minimum Gasteiger partial charge on any atom is -0.394 e. The summed E-state index contributed by atoms with van der Waals surface area (Å²) in [7, 11) is -3.21. The largest absolute Gasteiger partial charge is 0.394 e. The van der Waals surface area contributed by atoms with E-state index in [2.05, 4.69) is 0 Å². The average molecular weight is 252 g/mol. The van der Waals surface area contributed by atoms with Crippen LogP contribution in [0.3, 0.4) is 0 Å². The summed E-state index contributed by atoms with van der Waals surface area (Å²) >= 11 is 0. The van der Waals surface area contributed by atoms with Gasteiger partial charge in [-0.2, -0.15) is 0 Å². The van der Waals surface area contributed by atoms with Gasteiger partial charge in [0.25, 0.3) is 0 Å². The standard InChI is InChI=1S/C10H20O5S/c1-9(2,3)10(7-16(4,12)13)14-6-8(5-11)15-10/h8,11H,5-7H2,1-4H3/t8-,10-/m0/s1. The van der Waals surface area contributed by atoms with E-state index in [-0.39, 0.29) is 19.0 Å². The van der Waals surface area contributed by atoms with E-state index in [0.717, 1.165) is 6.26 Å². The van der Waals surface area contributed by atoms with Crippen molar-refractivity contribution in [3.63, 3.8) is 0 Å². The molecule has 0 aromatic heterocycles. The van der Waals surface area contributed by atoms with E-state index < -0.39 is 27.1 Å². The Kier molecular flexibility index (Phi) is 3.69. The summed E-state index contributed by atoms with van der Waals surface area (Å²) < 4.78 is 33.9. The molecule has 16 heavy (non-hydrogen) atoms. The lowest BCUT2D eigenvalue weighted by molar-refractivity contribution is -0.216. The molecule has 0 aromatic carbocycles. The Balaban J connectivity index is 2.97. The molecule has 5 nitrogen and oxygen atoms in total. The zero-order chi connectivity index (χ0) is 12.6. The predicted octanol–water partition coefficient (Wildman–Crippen LogP) is 0.181. The SMILES string of the molecule is CC(C)(C)[C@@]1(CS(C)(=O)=O)OC[C@H](CO)O1. The van der Waals surface area contributed by atoms with Crippen LogP contribution in [0, 0.1) is 5.41 Å².